The molecule has 1 fully saturated rings. The van der Waals surface area contributed by atoms with Gasteiger partial charge in [0.2, 0.25) is 0 Å². The molecule has 1 aromatic rings. The lowest BCUT2D eigenvalue weighted by Crippen LogP contribution is -2.38. The monoisotopic (exact) mass is 309 g/mol. The van der Waals surface area contributed by atoms with Gasteiger partial charge in [0, 0.05) is 11.1 Å². The lowest BCUT2D eigenvalue weighted by atomic mass is 9.75. The molecule has 1 aliphatic carbocycles. The van der Waals surface area contributed by atoms with Crippen LogP contribution in [0.5, 0.6) is 5.75 Å². The summed E-state index contributed by atoms with van der Waals surface area (Å²) < 4.78 is 5.49. The van der Waals surface area contributed by atoms with Crippen LogP contribution in [0.15, 0.2) is 18.2 Å². The normalized spacial score (nSPS) is 23.8. The molecule has 21 heavy (non-hydrogen) atoms. The molecule has 1 saturated carbocycles. The Balaban J connectivity index is 2.09. The zero-order valence-electron chi connectivity index (χ0n) is 13.5. The average Bonchev–Trinajstić information content (AvgIpc) is 2.52. The number of likely N-dealkylation sites (N-methyl/N-ethyl adjacent to an activating group) is 1. The fourth-order valence-corrected chi connectivity index (χ4v) is 3.91. The van der Waals surface area contributed by atoms with Gasteiger partial charge in [-0.2, -0.15) is 0 Å². The molecule has 0 bridgehead atoms. The van der Waals surface area contributed by atoms with Crippen molar-refractivity contribution >= 4 is 11.6 Å². The Labute approximate surface area is 134 Å². The Morgan fingerprint density at radius 3 is 2.86 bits per heavy atom. The third-order valence-electron chi connectivity index (χ3n) is 5.02. The Morgan fingerprint density at radius 2 is 2.19 bits per heavy atom. The van der Waals surface area contributed by atoms with E-state index in [-0.39, 0.29) is 0 Å². The van der Waals surface area contributed by atoms with Crippen molar-refractivity contribution in [1.29, 1.82) is 0 Å². The minimum absolute atomic E-state index is 0.506. The molecule has 0 heterocycles. The van der Waals surface area contributed by atoms with Crippen molar-refractivity contribution in [3.8, 4) is 5.75 Å². The van der Waals surface area contributed by atoms with E-state index < -0.39 is 0 Å². The van der Waals surface area contributed by atoms with Crippen molar-refractivity contribution < 1.29 is 4.74 Å². The van der Waals surface area contributed by atoms with Gasteiger partial charge in [0.25, 0.3) is 0 Å². The molecule has 118 valence electrons. The van der Waals surface area contributed by atoms with Gasteiger partial charge in [-0.25, -0.2) is 0 Å². The van der Waals surface area contributed by atoms with Gasteiger partial charge in [-0.05, 0) is 61.9 Å². The summed E-state index contributed by atoms with van der Waals surface area (Å²) in [5, 5.41) is 4.32. The molecule has 1 aliphatic rings. The van der Waals surface area contributed by atoms with Crippen molar-refractivity contribution in [2.45, 2.75) is 51.5 Å². The first-order valence-corrected chi connectivity index (χ1v) is 8.55. The largest absolute Gasteiger partial charge is 0.496 e. The lowest BCUT2D eigenvalue weighted by molar-refractivity contribution is 0.212. The molecule has 0 amide bonds. The maximum absolute atomic E-state index is 6.16. The summed E-state index contributed by atoms with van der Waals surface area (Å²) in [5.74, 6) is 2.61. The number of nitrogens with one attached hydrogen (secondary N) is 1. The molecule has 3 unspecified atom stereocenters. The van der Waals surface area contributed by atoms with E-state index in [1.807, 2.05) is 18.2 Å². The minimum Gasteiger partial charge on any atom is -0.496 e. The van der Waals surface area contributed by atoms with E-state index >= 15 is 0 Å². The molecule has 1 N–H and O–H groups in total. The first-order valence-electron chi connectivity index (χ1n) is 8.17. The van der Waals surface area contributed by atoms with Crippen LogP contribution in [0.2, 0.25) is 5.02 Å². The smallest absolute Gasteiger partial charge is 0.122 e. The fourth-order valence-electron chi connectivity index (χ4n) is 3.72. The SMILES string of the molecule is CCC1CCCC(C(Cc2cc(Cl)ccc2OC)NC)C1. The van der Waals surface area contributed by atoms with E-state index in [4.69, 9.17) is 16.3 Å². The van der Waals surface area contributed by atoms with Crippen molar-refractivity contribution in [3.05, 3.63) is 28.8 Å². The number of rotatable bonds is 6. The van der Waals surface area contributed by atoms with Crippen LogP contribution in [0.3, 0.4) is 0 Å². The maximum atomic E-state index is 6.16. The zero-order chi connectivity index (χ0) is 15.2. The highest BCUT2D eigenvalue weighted by Gasteiger charge is 2.27. The number of ether oxygens (including phenoxy) is 1. The van der Waals surface area contributed by atoms with Crippen molar-refractivity contribution in [2.75, 3.05) is 14.2 Å². The van der Waals surface area contributed by atoms with Crippen LogP contribution in [0.1, 0.15) is 44.6 Å². The van der Waals surface area contributed by atoms with Crippen LogP contribution < -0.4 is 10.1 Å². The molecule has 2 nitrogen and oxygen atoms in total. The van der Waals surface area contributed by atoms with E-state index in [1.165, 1.54) is 37.7 Å². The minimum atomic E-state index is 0.506. The van der Waals surface area contributed by atoms with Crippen LogP contribution >= 0.6 is 11.6 Å². The number of hydrogen-bond donors (Lipinski definition) is 1. The summed E-state index contributed by atoms with van der Waals surface area (Å²) in [6, 6.07) is 6.42. The van der Waals surface area contributed by atoms with E-state index in [9.17, 15) is 0 Å². The molecule has 0 aliphatic heterocycles. The number of hydrogen-bond acceptors (Lipinski definition) is 2. The Bertz CT molecular complexity index is 449. The number of methoxy groups -OCH3 is 1. The second-order valence-corrected chi connectivity index (χ2v) is 6.69. The predicted molar refractivity (Wildman–Crippen MR) is 90.3 cm³/mol. The quantitative estimate of drug-likeness (QED) is 0.822. The molecular formula is C18H28ClNO. The van der Waals surface area contributed by atoms with E-state index in [0.29, 0.717) is 6.04 Å². The van der Waals surface area contributed by atoms with Gasteiger partial charge in [0.1, 0.15) is 5.75 Å². The molecule has 2 rings (SSSR count). The second-order valence-electron chi connectivity index (χ2n) is 6.26. The van der Waals surface area contributed by atoms with Crippen molar-refractivity contribution in [1.82, 2.24) is 5.32 Å². The molecule has 0 spiro atoms. The highest BCUT2D eigenvalue weighted by Crippen LogP contribution is 2.35. The lowest BCUT2D eigenvalue weighted by Gasteiger charge is -2.34. The maximum Gasteiger partial charge on any atom is 0.122 e. The summed E-state index contributed by atoms with van der Waals surface area (Å²) in [6.45, 7) is 2.32. The van der Waals surface area contributed by atoms with Gasteiger partial charge >= 0.3 is 0 Å². The van der Waals surface area contributed by atoms with Crippen LogP contribution in [0.4, 0.5) is 0 Å². The molecular weight excluding hydrogens is 282 g/mol. The van der Waals surface area contributed by atoms with Crippen LogP contribution in [0.25, 0.3) is 0 Å². The second kappa shape index (κ2) is 8.05. The molecule has 0 radical (unpaired) electrons. The standard InChI is InChI=1S/C18H28ClNO/c1-4-13-6-5-7-14(10-13)17(20-2)12-15-11-16(19)8-9-18(15)21-3/h8-9,11,13-14,17,20H,4-7,10,12H2,1-3H3. The van der Waals surface area contributed by atoms with Crippen molar-refractivity contribution in [2.24, 2.45) is 11.8 Å². The van der Waals surface area contributed by atoms with Crippen LogP contribution in [0, 0.1) is 11.8 Å². The van der Waals surface area contributed by atoms with Crippen molar-refractivity contribution in [3.63, 3.8) is 0 Å². The van der Waals surface area contributed by atoms with Crippen LogP contribution in [-0.4, -0.2) is 20.2 Å². The highest BCUT2D eigenvalue weighted by atomic mass is 35.5. The molecule has 0 aromatic heterocycles. The Morgan fingerprint density at radius 1 is 1.38 bits per heavy atom. The third-order valence-corrected chi connectivity index (χ3v) is 5.26. The number of benzene rings is 1. The third kappa shape index (κ3) is 4.37. The zero-order valence-corrected chi connectivity index (χ0v) is 14.2. The Hall–Kier alpha value is -0.730. The summed E-state index contributed by atoms with van der Waals surface area (Å²) >= 11 is 6.16. The Kier molecular flexibility index (Phi) is 6.38. The fraction of sp³-hybridized carbons (Fsp3) is 0.667. The number of halogens is 1. The highest BCUT2D eigenvalue weighted by molar-refractivity contribution is 6.30. The van der Waals surface area contributed by atoms with Crippen LogP contribution in [-0.2, 0) is 6.42 Å². The van der Waals surface area contributed by atoms with E-state index in [2.05, 4.69) is 19.3 Å². The van der Waals surface area contributed by atoms with E-state index in [0.717, 1.165) is 29.0 Å². The summed E-state index contributed by atoms with van der Waals surface area (Å²) in [7, 11) is 3.81. The first-order chi connectivity index (χ1) is 10.2. The van der Waals surface area contributed by atoms with Gasteiger partial charge < -0.3 is 10.1 Å². The molecule has 3 heteroatoms. The summed E-state index contributed by atoms with van der Waals surface area (Å²) in [5.41, 5.74) is 1.21. The van der Waals surface area contributed by atoms with Gasteiger partial charge in [0.05, 0.1) is 7.11 Å². The average molecular weight is 310 g/mol. The molecule has 1 aromatic carbocycles. The molecule has 0 saturated heterocycles. The summed E-state index contributed by atoms with van der Waals surface area (Å²) in [6.07, 6.45) is 7.77. The van der Waals surface area contributed by atoms with Gasteiger partial charge in [-0.3, -0.25) is 0 Å². The topological polar surface area (TPSA) is 21.3 Å². The summed E-state index contributed by atoms with van der Waals surface area (Å²) in [4.78, 5) is 0. The van der Waals surface area contributed by atoms with Gasteiger partial charge in [-0.1, -0.05) is 37.8 Å². The predicted octanol–water partition coefficient (Wildman–Crippen LogP) is 4.70. The van der Waals surface area contributed by atoms with E-state index in [1.54, 1.807) is 7.11 Å². The first kappa shape index (κ1) is 16.6. The molecule has 3 atom stereocenters. The van der Waals surface area contributed by atoms with Gasteiger partial charge in [0.15, 0.2) is 0 Å². The van der Waals surface area contributed by atoms with Gasteiger partial charge in [-0.15, -0.1) is 0 Å².